The Morgan fingerprint density at radius 1 is 1.44 bits per heavy atom. The van der Waals surface area contributed by atoms with Crippen LogP contribution < -0.4 is 5.73 Å². The Kier molecular flexibility index (Phi) is 4.76. The third-order valence-electron chi connectivity index (χ3n) is 2.26. The van der Waals surface area contributed by atoms with E-state index >= 15 is 0 Å². The number of pyridine rings is 1. The summed E-state index contributed by atoms with van der Waals surface area (Å²) in [5.41, 5.74) is 6.99. The molecule has 88 valence electrons. The fourth-order valence-corrected chi connectivity index (χ4v) is 1.40. The van der Waals surface area contributed by atoms with Crippen LogP contribution in [-0.4, -0.2) is 17.6 Å². The van der Waals surface area contributed by atoms with Gasteiger partial charge in [-0.3, -0.25) is 0 Å². The van der Waals surface area contributed by atoms with Gasteiger partial charge in [-0.25, -0.2) is 9.78 Å². The maximum absolute atomic E-state index is 11.4. The molecule has 0 atom stereocenters. The minimum Gasteiger partial charge on any atom is -0.462 e. The van der Waals surface area contributed by atoms with Crippen molar-refractivity contribution < 1.29 is 9.53 Å². The molecule has 0 aromatic carbocycles. The van der Waals surface area contributed by atoms with Crippen LogP contribution in [0.1, 0.15) is 42.7 Å². The molecule has 1 rings (SSSR count). The molecule has 0 aliphatic carbocycles. The van der Waals surface area contributed by atoms with Crippen LogP contribution in [0.25, 0.3) is 0 Å². The Labute approximate surface area is 95.8 Å². The highest BCUT2D eigenvalue weighted by molar-refractivity contribution is 5.94. The molecule has 1 aromatic heterocycles. The van der Waals surface area contributed by atoms with Crippen molar-refractivity contribution in [2.75, 3.05) is 12.3 Å². The van der Waals surface area contributed by atoms with Gasteiger partial charge in [0.2, 0.25) is 0 Å². The summed E-state index contributed by atoms with van der Waals surface area (Å²) in [5.74, 6) is -0.151. The van der Waals surface area contributed by atoms with E-state index in [0.717, 1.165) is 25.0 Å². The number of hydrogen-bond donors (Lipinski definition) is 1. The number of carbonyl (C=O) groups excluding carboxylic acids is 1. The van der Waals surface area contributed by atoms with Crippen LogP contribution in [0.15, 0.2) is 12.1 Å². The van der Waals surface area contributed by atoms with Gasteiger partial charge in [-0.1, -0.05) is 13.3 Å². The molecule has 0 saturated carbocycles. The van der Waals surface area contributed by atoms with Crippen LogP contribution in [0.3, 0.4) is 0 Å². The first-order valence-electron chi connectivity index (χ1n) is 5.61. The second kappa shape index (κ2) is 6.10. The largest absolute Gasteiger partial charge is 0.462 e. The minimum atomic E-state index is -0.408. The number of esters is 1. The van der Waals surface area contributed by atoms with Crippen molar-refractivity contribution in [3.8, 4) is 0 Å². The summed E-state index contributed by atoms with van der Waals surface area (Å²) in [4.78, 5) is 15.6. The molecular formula is C12H18N2O2. The highest BCUT2D eigenvalue weighted by atomic mass is 16.5. The molecule has 0 aliphatic heterocycles. The maximum atomic E-state index is 11.4. The van der Waals surface area contributed by atoms with E-state index in [4.69, 9.17) is 10.5 Å². The first kappa shape index (κ1) is 12.5. The second-order valence-electron chi connectivity index (χ2n) is 3.56. The average Bonchev–Trinajstić information content (AvgIpc) is 2.26. The minimum absolute atomic E-state index is 0.257. The highest BCUT2D eigenvalue weighted by Gasteiger charge is 2.11. The SMILES string of the molecule is CCCCc1ccc(C(=O)OCC)c(N)n1. The zero-order valence-electron chi connectivity index (χ0n) is 9.82. The van der Waals surface area contributed by atoms with Gasteiger partial charge in [0.1, 0.15) is 11.4 Å². The third kappa shape index (κ3) is 3.22. The first-order valence-corrected chi connectivity index (χ1v) is 5.61. The van der Waals surface area contributed by atoms with E-state index in [1.54, 1.807) is 13.0 Å². The number of aryl methyl sites for hydroxylation is 1. The molecule has 0 radical (unpaired) electrons. The molecule has 4 nitrogen and oxygen atoms in total. The maximum Gasteiger partial charge on any atom is 0.341 e. The van der Waals surface area contributed by atoms with E-state index in [2.05, 4.69) is 11.9 Å². The number of aromatic nitrogens is 1. The van der Waals surface area contributed by atoms with Crippen LogP contribution in [0.2, 0.25) is 0 Å². The third-order valence-corrected chi connectivity index (χ3v) is 2.26. The summed E-state index contributed by atoms with van der Waals surface area (Å²) in [6.45, 7) is 4.23. The number of hydrogen-bond acceptors (Lipinski definition) is 4. The summed E-state index contributed by atoms with van der Waals surface area (Å²) in [6.07, 6.45) is 3.08. The average molecular weight is 222 g/mol. The number of nitrogen functional groups attached to an aromatic ring is 1. The van der Waals surface area contributed by atoms with Gasteiger partial charge in [0.15, 0.2) is 0 Å². The summed E-state index contributed by atoms with van der Waals surface area (Å²) in [6, 6.07) is 3.52. The zero-order chi connectivity index (χ0) is 12.0. The molecular weight excluding hydrogens is 204 g/mol. The number of ether oxygens (including phenoxy) is 1. The highest BCUT2D eigenvalue weighted by Crippen LogP contribution is 2.13. The van der Waals surface area contributed by atoms with Crippen molar-refractivity contribution in [1.29, 1.82) is 0 Å². The van der Waals surface area contributed by atoms with Crippen molar-refractivity contribution >= 4 is 11.8 Å². The number of anilines is 1. The number of nitrogens with zero attached hydrogens (tertiary/aromatic N) is 1. The van der Waals surface area contributed by atoms with Gasteiger partial charge in [0.05, 0.1) is 6.61 Å². The van der Waals surface area contributed by atoms with Crippen molar-refractivity contribution in [1.82, 2.24) is 4.98 Å². The number of nitrogens with two attached hydrogens (primary N) is 1. The Balaban J connectivity index is 2.78. The molecule has 0 bridgehead atoms. The monoisotopic (exact) mass is 222 g/mol. The Bertz CT molecular complexity index is 364. The molecule has 0 unspecified atom stereocenters. The van der Waals surface area contributed by atoms with E-state index in [1.807, 2.05) is 6.07 Å². The zero-order valence-corrected chi connectivity index (χ0v) is 9.82. The molecule has 0 aliphatic rings. The van der Waals surface area contributed by atoms with Gasteiger partial charge in [0.25, 0.3) is 0 Å². The fourth-order valence-electron chi connectivity index (χ4n) is 1.40. The van der Waals surface area contributed by atoms with Crippen molar-refractivity contribution in [3.05, 3.63) is 23.4 Å². The van der Waals surface area contributed by atoms with Crippen molar-refractivity contribution in [3.63, 3.8) is 0 Å². The van der Waals surface area contributed by atoms with Gasteiger partial charge < -0.3 is 10.5 Å². The second-order valence-corrected chi connectivity index (χ2v) is 3.56. The predicted molar refractivity (Wildman–Crippen MR) is 63.2 cm³/mol. The topological polar surface area (TPSA) is 65.2 Å². The molecule has 1 heterocycles. The predicted octanol–water partition coefficient (Wildman–Crippen LogP) is 2.18. The molecule has 0 fully saturated rings. The number of unbranched alkanes of at least 4 members (excludes halogenated alkanes) is 1. The fraction of sp³-hybridized carbons (Fsp3) is 0.500. The van der Waals surface area contributed by atoms with Gasteiger partial charge in [-0.2, -0.15) is 0 Å². The molecule has 0 saturated heterocycles. The van der Waals surface area contributed by atoms with E-state index in [1.165, 1.54) is 0 Å². The number of rotatable bonds is 5. The molecule has 2 N–H and O–H groups in total. The molecule has 4 heteroatoms. The molecule has 16 heavy (non-hydrogen) atoms. The molecule has 1 aromatic rings. The van der Waals surface area contributed by atoms with Crippen LogP contribution in [0, 0.1) is 0 Å². The number of carbonyl (C=O) groups is 1. The molecule has 0 spiro atoms. The van der Waals surface area contributed by atoms with E-state index in [-0.39, 0.29) is 5.82 Å². The lowest BCUT2D eigenvalue weighted by molar-refractivity contribution is 0.0527. The standard InChI is InChI=1S/C12H18N2O2/c1-3-5-6-9-7-8-10(11(13)14-9)12(15)16-4-2/h7-8H,3-6H2,1-2H3,(H2,13,14). The molecule has 0 amide bonds. The van der Waals surface area contributed by atoms with Crippen molar-refractivity contribution in [2.45, 2.75) is 33.1 Å². The van der Waals surface area contributed by atoms with E-state index in [9.17, 15) is 4.79 Å². The summed E-state index contributed by atoms with van der Waals surface area (Å²) in [7, 11) is 0. The van der Waals surface area contributed by atoms with Gasteiger partial charge in [-0.05, 0) is 31.9 Å². The van der Waals surface area contributed by atoms with Crippen molar-refractivity contribution in [2.24, 2.45) is 0 Å². The van der Waals surface area contributed by atoms with Crippen LogP contribution in [0.4, 0.5) is 5.82 Å². The smallest absolute Gasteiger partial charge is 0.341 e. The van der Waals surface area contributed by atoms with Gasteiger partial charge >= 0.3 is 5.97 Å². The van der Waals surface area contributed by atoms with Crippen LogP contribution in [-0.2, 0) is 11.2 Å². The lowest BCUT2D eigenvalue weighted by Gasteiger charge is -2.06. The summed E-state index contributed by atoms with van der Waals surface area (Å²) >= 11 is 0. The lowest BCUT2D eigenvalue weighted by Crippen LogP contribution is -2.10. The van der Waals surface area contributed by atoms with E-state index in [0.29, 0.717) is 12.2 Å². The lowest BCUT2D eigenvalue weighted by atomic mass is 10.1. The van der Waals surface area contributed by atoms with Gasteiger partial charge in [-0.15, -0.1) is 0 Å². The van der Waals surface area contributed by atoms with Crippen LogP contribution in [0.5, 0.6) is 0 Å². The normalized spacial score (nSPS) is 10.1. The Morgan fingerprint density at radius 2 is 2.19 bits per heavy atom. The summed E-state index contributed by atoms with van der Waals surface area (Å²) < 4.78 is 4.87. The van der Waals surface area contributed by atoms with Gasteiger partial charge in [0, 0.05) is 5.69 Å². The quantitative estimate of drug-likeness (QED) is 0.775. The van der Waals surface area contributed by atoms with E-state index < -0.39 is 5.97 Å². The van der Waals surface area contributed by atoms with Crippen LogP contribution >= 0.6 is 0 Å². The first-order chi connectivity index (χ1) is 7.69. The Morgan fingerprint density at radius 3 is 2.75 bits per heavy atom. The summed E-state index contributed by atoms with van der Waals surface area (Å²) in [5, 5.41) is 0. The Hall–Kier alpha value is -1.58.